The lowest BCUT2D eigenvalue weighted by atomic mass is 9.73. The van der Waals surface area contributed by atoms with Gasteiger partial charge in [0.1, 0.15) is 0 Å². The van der Waals surface area contributed by atoms with Crippen molar-refractivity contribution in [3.05, 3.63) is 119 Å². The molecule has 2 heterocycles. The molecule has 2 aliphatic heterocycles. The van der Waals surface area contributed by atoms with Crippen molar-refractivity contribution < 1.29 is 35.1 Å². The number of nitrogens with zero attached hydrogens (tertiary/aromatic N) is 3. The van der Waals surface area contributed by atoms with E-state index in [0.29, 0.717) is 51.1 Å². The minimum Gasteiger partial charge on any atom is -0.380 e. The summed E-state index contributed by atoms with van der Waals surface area (Å²) in [4.78, 5) is 19.5. The maximum absolute atomic E-state index is 14.6. The van der Waals surface area contributed by atoms with Crippen LogP contribution in [-0.4, -0.2) is 115 Å². The predicted octanol–water partition coefficient (Wildman–Crippen LogP) is 9.10. The summed E-state index contributed by atoms with van der Waals surface area (Å²) in [5.41, 5.74) is 4.98. The number of alkyl halides is 3. The molecule has 350 valence electrons. The van der Waals surface area contributed by atoms with Crippen LogP contribution >= 0.6 is 35.0 Å². The van der Waals surface area contributed by atoms with Crippen LogP contribution in [0.5, 0.6) is 0 Å². The normalized spacial score (nSPS) is 18.3. The first kappa shape index (κ1) is 49.2. The molecule has 0 aromatic heterocycles. The van der Waals surface area contributed by atoms with Gasteiger partial charge in [0.2, 0.25) is 0 Å². The van der Waals surface area contributed by atoms with Crippen molar-refractivity contribution in [1.82, 2.24) is 14.5 Å². The van der Waals surface area contributed by atoms with Gasteiger partial charge in [-0.3, -0.25) is 14.6 Å². The van der Waals surface area contributed by atoms with Gasteiger partial charge in [0, 0.05) is 85.3 Å². The molecule has 11 nitrogen and oxygen atoms in total. The van der Waals surface area contributed by atoms with Gasteiger partial charge in [-0.05, 0) is 121 Å². The van der Waals surface area contributed by atoms with Crippen LogP contribution in [-0.2, 0) is 24.6 Å². The number of carbonyl (C=O) groups excluding carboxylic acids is 1. The monoisotopic (exact) mass is 989 g/mol. The van der Waals surface area contributed by atoms with Gasteiger partial charge in [-0.2, -0.15) is 8.78 Å². The molecular formula is C47H55Cl2F2N5O6S3. The Labute approximate surface area is 395 Å². The summed E-state index contributed by atoms with van der Waals surface area (Å²) in [6.07, 6.45) is 3.69. The van der Waals surface area contributed by atoms with Gasteiger partial charge >= 0.3 is 4.71 Å². The van der Waals surface area contributed by atoms with Crippen molar-refractivity contribution >= 4 is 77.7 Å². The quantitative estimate of drug-likeness (QED) is 0.0777. The third-order valence-corrected chi connectivity index (χ3v) is 17.1. The number of rotatable bonds is 17. The number of thioether (sulfide) groups is 1. The molecule has 2 saturated heterocycles. The van der Waals surface area contributed by atoms with E-state index in [-0.39, 0.29) is 16.7 Å². The number of anilines is 2. The number of hydrogen-bond acceptors (Lipinski definition) is 11. The van der Waals surface area contributed by atoms with Crippen LogP contribution in [0.2, 0.25) is 5.02 Å². The Morgan fingerprint density at radius 3 is 2.22 bits per heavy atom. The Hall–Kier alpha value is -3.74. The summed E-state index contributed by atoms with van der Waals surface area (Å²) in [6, 6.07) is 26.5. The van der Waals surface area contributed by atoms with Crippen molar-refractivity contribution in [3.8, 4) is 0 Å². The molecule has 0 radical (unpaired) electrons. The fourth-order valence-corrected chi connectivity index (χ4v) is 11.9. The molecule has 1 aliphatic carbocycles. The second-order valence-electron chi connectivity index (χ2n) is 17.5. The van der Waals surface area contributed by atoms with Crippen LogP contribution in [0.4, 0.5) is 20.2 Å². The molecule has 4 aromatic carbocycles. The second-order valence-corrected chi connectivity index (χ2v) is 23.4. The molecule has 7 rings (SSSR count). The van der Waals surface area contributed by atoms with Gasteiger partial charge in [-0.15, -0.1) is 11.8 Å². The number of benzene rings is 4. The number of sulfonamides is 1. The Kier molecular flexibility index (Phi) is 15.9. The zero-order valence-corrected chi connectivity index (χ0v) is 40.4. The highest BCUT2D eigenvalue weighted by atomic mass is 35.5. The van der Waals surface area contributed by atoms with Crippen molar-refractivity contribution in [2.75, 3.05) is 81.5 Å². The van der Waals surface area contributed by atoms with Gasteiger partial charge in [0.15, 0.2) is 0 Å². The van der Waals surface area contributed by atoms with Crippen molar-refractivity contribution in [2.45, 2.75) is 65.0 Å². The number of ether oxygens (including phenoxy) is 1. The van der Waals surface area contributed by atoms with Crippen LogP contribution in [0.3, 0.4) is 0 Å². The molecule has 2 fully saturated rings. The van der Waals surface area contributed by atoms with Crippen LogP contribution < -0.4 is 14.9 Å². The fraction of sp³-hybridized carbons (Fsp3) is 0.426. The number of piperazine rings is 1. The smallest absolute Gasteiger partial charge is 0.380 e. The highest BCUT2D eigenvalue weighted by Gasteiger charge is 2.46. The first-order valence-electron chi connectivity index (χ1n) is 21.7. The topological polar surface area (TPSA) is 128 Å². The number of nitrogens with one attached hydrogen (secondary N) is 2. The van der Waals surface area contributed by atoms with E-state index in [1.807, 2.05) is 47.2 Å². The second kappa shape index (κ2) is 21.1. The molecule has 3 aliphatic rings. The summed E-state index contributed by atoms with van der Waals surface area (Å²) in [7, 11) is -10.4. The minimum atomic E-state index is -5.62. The predicted molar refractivity (Wildman–Crippen MR) is 257 cm³/mol. The van der Waals surface area contributed by atoms with Gasteiger partial charge in [0.25, 0.3) is 25.8 Å². The Balaban J connectivity index is 1.02. The van der Waals surface area contributed by atoms with Gasteiger partial charge in [-0.1, -0.05) is 61.4 Å². The first-order chi connectivity index (χ1) is 30.9. The zero-order valence-electron chi connectivity index (χ0n) is 36.4. The third-order valence-electron chi connectivity index (χ3n) is 12.2. The van der Waals surface area contributed by atoms with E-state index in [1.165, 1.54) is 40.6 Å². The summed E-state index contributed by atoms with van der Waals surface area (Å²) in [6.45, 7) is 11.9. The van der Waals surface area contributed by atoms with Crippen LogP contribution in [0.15, 0.2) is 117 Å². The molecule has 4 aromatic rings. The van der Waals surface area contributed by atoms with E-state index in [9.17, 15) is 30.4 Å². The van der Waals surface area contributed by atoms with Gasteiger partial charge in [0.05, 0.1) is 28.7 Å². The van der Waals surface area contributed by atoms with Gasteiger partial charge in [-0.25, -0.2) is 21.6 Å². The number of amides is 1. The lowest BCUT2D eigenvalue weighted by Gasteiger charge is -2.39. The Morgan fingerprint density at radius 1 is 0.877 bits per heavy atom. The summed E-state index contributed by atoms with van der Waals surface area (Å²) >= 11 is 12.8. The number of sulfone groups is 1. The molecule has 65 heavy (non-hydrogen) atoms. The van der Waals surface area contributed by atoms with Crippen LogP contribution in [0.1, 0.15) is 55.5 Å². The summed E-state index contributed by atoms with van der Waals surface area (Å²) in [5.74, 6) is -0.545. The number of hydrogen-bond donors (Lipinski definition) is 2. The minimum absolute atomic E-state index is 0.0370. The maximum atomic E-state index is 14.6. The largest absolute Gasteiger partial charge is 0.427 e. The average molecular weight is 991 g/mol. The summed E-state index contributed by atoms with van der Waals surface area (Å²) in [5, 5.41) is 3.82. The highest BCUT2D eigenvalue weighted by molar-refractivity contribution is 7.99. The highest BCUT2D eigenvalue weighted by Crippen LogP contribution is 2.43. The molecule has 2 N–H and O–H groups in total. The van der Waals surface area contributed by atoms with Crippen LogP contribution in [0.25, 0.3) is 5.57 Å². The lowest BCUT2D eigenvalue weighted by molar-refractivity contribution is 0.0370. The fourth-order valence-electron chi connectivity index (χ4n) is 8.49. The molecule has 0 unspecified atom stereocenters. The number of halogens is 4. The van der Waals surface area contributed by atoms with Crippen molar-refractivity contribution in [3.63, 3.8) is 0 Å². The molecule has 1 amide bonds. The van der Waals surface area contributed by atoms with E-state index in [2.05, 4.69) is 46.0 Å². The molecular weight excluding hydrogens is 936 g/mol. The molecule has 0 bridgehead atoms. The van der Waals surface area contributed by atoms with Crippen molar-refractivity contribution in [2.24, 2.45) is 5.41 Å². The Bertz CT molecular complexity index is 2530. The first-order valence-corrected chi connectivity index (χ1v) is 26.4. The maximum Gasteiger partial charge on any atom is 0.427 e. The molecule has 1 atom stereocenters. The van der Waals surface area contributed by atoms with E-state index in [0.717, 1.165) is 79.7 Å². The SMILES string of the molecule is CC1(C)CCC(c2ccc(Cl)cc2)=C(CN2CCN(c3ccc(C(=O)NS(=O)(=O)c4ccc(N[C@H](CCN5CCOCC5)CSc5ccccc5)c(S(=O)(=O)C(F)(F)Cl)c4)cc3)CC2)C1. The van der Waals surface area contributed by atoms with Gasteiger partial charge < -0.3 is 15.0 Å². The number of allylic oxidation sites excluding steroid dienone is 1. The summed E-state index contributed by atoms with van der Waals surface area (Å²) < 4.78 is 85.8. The standard InChI is InChI=1S/C47H55Cl2F2N5O6S3/c1-46(2)20-18-42(34-8-12-37(48)13-9-34)36(31-46)32-55-22-24-56(25-23-55)39-14-10-35(11-15-39)45(57)53-65(60,61)41-16-17-43(44(30-41)64(58,59)47(49,50)51)52-38(19-21-54-26-28-62-29-27-54)33-63-40-6-4-3-5-7-40/h3-17,30,38,52H,18-29,31-33H2,1-2H3,(H,53,57)/t38-/m1/s1. The van der Waals surface area contributed by atoms with E-state index < -0.39 is 46.3 Å². The molecule has 18 heteroatoms. The van der Waals surface area contributed by atoms with E-state index in [4.69, 9.17) is 27.9 Å². The third kappa shape index (κ3) is 12.8. The van der Waals surface area contributed by atoms with Crippen molar-refractivity contribution in [1.29, 1.82) is 0 Å². The zero-order chi connectivity index (χ0) is 46.4. The number of carbonyl (C=O) groups is 1. The van der Waals surface area contributed by atoms with E-state index >= 15 is 0 Å². The van der Waals surface area contributed by atoms with E-state index in [1.54, 1.807) is 12.1 Å². The Morgan fingerprint density at radius 2 is 1.55 bits per heavy atom. The number of morpholine rings is 1. The lowest BCUT2D eigenvalue weighted by Crippen LogP contribution is -2.47. The average Bonchev–Trinajstić information content (AvgIpc) is 3.28. The van der Waals surface area contributed by atoms with Crippen LogP contribution in [0, 0.1) is 5.41 Å². The molecule has 0 saturated carbocycles. The molecule has 0 spiro atoms.